The van der Waals surface area contributed by atoms with E-state index >= 15 is 0 Å². The lowest BCUT2D eigenvalue weighted by Crippen LogP contribution is -2.03. The molecule has 1 unspecified atom stereocenters. The Hall–Kier alpha value is -1.26. The summed E-state index contributed by atoms with van der Waals surface area (Å²) >= 11 is 3.23. The van der Waals surface area contributed by atoms with Crippen molar-refractivity contribution in [2.24, 2.45) is 0 Å². The number of benzene rings is 2. The molecule has 0 aromatic heterocycles. The molecule has 0 aliphatic heterocycles. The minimum atomic E-state index is -1.11. The van der Waals surface area contributed by atoms with Crippen molar-refractivity contribution >= 4 is 15.9 Å². The lowest BCUT2D eigenvalue weighted by molar-refractivity contribution is 0.214. The van der Waals surface area contributed by atoms with E-state index in [9.17, 15) is 13.9 Å². The lowest BCUT2D eigenvalue weighted by atomic mass is 9.99. The molecule has 2 aromatic rings. The molecule has 1 N–H and O–H groups in total. The molecule has 0 aliphatic rings. The third-order valence-corrected chi connectivity index (χ3v) is 3.24. The summed E-state index contributed by atoms with van der Waals surface area (Å²) in [6.45, 7) is 1.60. The first-order chi connectivity index (χ1) is 8.49. The highest BCUT2D eigenvalue weighted by Gasteiger charge is 2.16. The van der Waals surface area contributed by atoms with Gasteiger partial charge in [0.05, 0.1) is 0 Å². The highest BCUT2D eigenvalue weighted by molar-refractivity contribution is 9.10. The van der Waals surface area contributed by atoms with Crippen LogP contribution >= 0.6 is 15.9 Å². The van der Waals surface area contributed by atoms with E-state index in [1.165, 1.54) is 30.3 Å². The number of hydrogen-bond acceptors (Lipinski definition) is 1. The van der Waals surface area contributed by atoms with Crippen LogP contribution in [-0.2, 0) is 0 Å². The first kappa shape index (κ1) is 13.2. The normalized spacial score (nSPS) is 12.5. The Bertz CT molecular complexity index is 584. The average molecular weight is 313 g/mol. The number of aliphatic hydroxyl groups excluding tert-OH is 1. The summed E-state index contributed by atoms with van der Waals surface area (Å²) in [7, 11) is 0. The Balaban J connectivity index is 2.44. The van der Waals surface area contributed by atoms with Crippen LogP contribution in [0.25, 0.3) is 0 Å². The minimum absolute atomic E-state index is 0.162. The highest BCUT2D eigenvalue weighted by atomic mass is 79.9. The van der Waals surface area contributed by atoms with Gasteiger partial charge in [-0.05, 0) is 42.3 Å². The van der Waals surface area contributed by atoms with Gasteiger partial charge in [0.1, 0.15) is 17.7 Å². The number of rotatable bonds is 2. The van der Waals surface area contributed by atoms with Gasteiger partial charge in [-0.15, -0.1) is 0 Å². The quantitative estimate of drug-likeness (QED) is 0.884. The highest BCUT2D eigenvalue weighted by Crippen LogP contribution is 2.27. The zero-order valence-corrected chi connectivity index (χ0v) is 11.2. The molecule has 0 amide bonds. The SMILES string of the molecule is Cc1cc(C(O)c2cc(Br)ccc2F)ccc1F. The monoisotopic (exact) mass is 312 g/mol. The molecular weight excluding hydrogens is 302 g/mol. The van der Waals surface area contributed by atoms with Crippen LogP contribution in [0.3, 0.4) is 0 Å². The standard InChI is InChI=1S/C14H11BrF2O/c1-8-6-9(2-4-12(8)16)14(18)11-7-10(15)3-5-13(11)17/h2-7,14,18H,1H3. The summed E-state index contributed by atoms with van der Waals surface area (Å²) in [5.74, 6) is -0.839. The van der Waals surface area contributed by atoms with Crippen molar-refractivity contribution < 1.29 is 13.9 Å². The number of halogens is 3. The molecule has 2 aromatic carbocycles. The zero-order chi connectivity index (χ0) is 13.3. The van der Waals surface area contributed by atoms with Crippen LogP contribution in [0.2, 0.25) is 0 Å². The predicted molar refractivity (Wildman–Crippen MR) is 69.3 cm³/mol. The summed E-state index contributed by atoms with van der Waals surface area (Å²) < 4.78 is 27.5. The number of aryl methyl sites for hydroxylation is 1. The molecule has 4 heteroatoms. The van der Waals surface area contributed by atoms with Crippen molar-refractivity contribution in [3.63, 3.8) is 0 Å². The minimum Gasteiger partial charge on any atom is -0.384 e. The Kier molecular flexibility index (Phi) is 3.78. The van der Waals surface area contributed by atoms with Crippen molar-refractivity contribution in [1.29, 1.82) is 0 Å². The first-order valence-corrected chi connectivity index (χ1v) is 6.17. The van der Waals surface area contributed by atoms with Crippen LogP contribution in [0, 0.1) is 18.6 Å². The second kappa shape index (κ2) is 5.16. The van der Waals surface area contributed by atoms with E-state index in [1.807, 2.05) is 0 Å². The Morgan fingerprint density at radius 2 is 1.72 bits per heavy atom. The largest absolute Gasteiger partial charge is 0.384 e. The first-order valence-electron chi connectivity index (χ1n) is 5.38. The van der Waals surface area contributed by atoms with E-state index in [2.05, 4.69) is 15.9 Å². The van der Waals surface area contributed by atoms with Crippen molar-refractivity contribution in [3.8, 4) is 0 Å². The van der Waals surface area contributed by atoms with E-state index in [-0.39, 0.29) is 11.4 Å². The topological polar surface area (TPSA) is 20.2 Å². The molecule has 1 nitrogen and oxygen atoms in total. The molecule has 0 spiro atoms. The van der Waals surface area contributed by atoms with Crippen LogP contribution in [0.4, 0.5) is 8.78 Å². The molecule has 94 valence electrons. The van der Waals surface area contributed by atoms with E-state index in [0.717, 1.165) is 0 Å². The fraction of sp³-hybridized carbons (Fsp3) is 0.143. The van der Waals surface area contributed by atoms with Gasteiger partial charge in [0, 0.05) is 10.0 Å². The van der Waals surface area contributed by atoms with Crippen LogP contribution < -0.4 is 0 Å². The summed E-state index contributed by atoms with van der Waals surface area (Å²) in [5.41, 5.74) is 1.04. The average Bonchev–Trinajstić information content (AvgIpc) is 2.35. The fourth-order valence-corrected chi connectivity index (χ4v) is 2.12. The summed E-state index contributed by atoms with van der Waals surface area (Å²) in [4.78, 5) is 0. The van der Waals surface area contributed by atoms with E-state index < -0.39 is 11.9 Å². The Morgan fingerprint density at radius 1 is 1.06 bits per heavy atom. The molecule has 2 rings (SSSR count). The molecule has 18 heavy (non-hydrogen) atoms. The van der Waals surface area contributed by atoms with Gasteiger partial charge in [0.2, 0.25) is 0 Å². The van der Waals surface area contributed by atoms with Gasteiger partial charge in [0.25, 0.3) is 0 Å². The van der Waals surface area contributed by atoms with Gasteiger partial charge >= 0.3 is 0 Å². The third kappa shape index (κ3) is 2.60. The molecule has 0 aliphatic carbocycles. The van der Waals surface area contributed by atoms with Crippen LogP contribution in [0.15, 0.2) is 40.9 Å². The van der Waals surface area contributed by atoms with E-state index in [0.29, 0.717) is 15.6 Å². The van der Waals surface area contributed by atoms with Gasteiger partial charge < -0.3 is 5.11 Å². The maximum Gasteiger partial charge on any atom is 0.129 e. The number of hydrogen-bond donors (Lipinski definition) is 1. The smallest absolute Gasteiger partial charge is 0.129 e. The molecule has 1 atom stereocenters. The maximum atomic E-state index is 13.6. The molecule has 0 saturated carbocycles. The van der Waals surface area contributed by atoms with E-state index in [4.69, 9.17) is 0 Å². The third-order valence-electron chi connectivity index (χ3n) is 2.75. The van der Waals surface area contributed by atoms with Crippen LogP contribution in [-0.4, -0.2) is 5.11 Å². The van der Waals surface area contributed by atoms with Gasteiger partial charge in [-0.25, -0.2) is 8.78 Å². The zero-order valence-electron chi connectivity index (χ0n) is 9.62. The van der Waals surface area contributed by atoms with Crippen LogP contribution in [0.1, 0.15) is 22.8 Å². The second-order valence-corrected chi connectivity index (χ2v) is 4.99. The predicted octanol–water partition coefficient (Wildman–Crippen LogP) is 4.12. The lowest BCUT2D eigenvalue weighted by Gasteiger charge is -2.13. The summed E-state index contributed by atoms with van der Waals surface area (Å²) in [5, 5.41) is 10.1. The Labute approximate surface area is 112 Å². The maximum absolute atomic E-state index is 13.6. The molecule has 0 radical (unpaired) electrons. The van der Waals surface area contributed by atoms with Gasteiger partial charge in [-0.3, -0.25) is 0 Å². The van der Waals surface area contributed by atoms with E-state index in [1.54, 1.807) is 13.0 Å². The summed E-state index contributed by atoms with van der Waals surface area (Å²) in [6.07, 6.45) is -1.11. The van der Waals surface area contributed by atoms with Crippen molar-refractivity contribution in [2.75, 3.05) is 0 Å². The summed E-state index contributed by atoms with van der Waals surface area (Å²) in [6, 6.07) is 8.58. The molecule has 0 fully saturated rings. The van der Waals surface area contributed by atoms with Crippen molar-refractivity contribution in [2.45, 2.75) is 13.0 Å². The number of aliphatic hydroxyl groups is 1. The second-order valence-electron chi connectivity index (χ2n) is 4.08. The van der Waals surface area contributed by atoms with Crippen LogP contribution in [0.5, 0.6) is 0 Å². The van der Waals surface area contributed by atoms with Crippen molar-refractivity contribution in [3.05, 3.63) is 69.2 Å². The molecule has 0 heterocycles. The van der Waals surface area contributed by atoms with Gasteiger partial charge in [-0.1, -0.05) is 28.1 Å². The fourth-order valence-electron chi connectivity index (χ4n) is 1.74. The van der Waals surface area contributed by atoms with Gasteiger partial charge in [0.15, 0.2) is 0 Å². The van der Waals surface area contributed by atoms with Crippen molar-refractivity contribution in [1.82, 2.24) is 0 Å². The Morgan fingerprint density at radius 3 is 2.39 bits per heavy atom. The molecule has 0 saturated heterocycles. The molecule has 0 bridgehead atoms. The molecular formula is C14H11BrF2O. The van der Waals surface area contributed by atoms with Gasteiger partial charge in [-0.2, -0.15) is 0 Å².